The van der Waals surface area contributed by atoms with E-state index in [1.54, 1.807) is 12.1 Å². The molecule has 1 aromatic heterocycles. The molecule has 1 amide bonds. The van der Waals surface area contributed by atoms with Crippen LogP contribution in [0.15, 0.2) is 60.7 Å². The van der Waals surface area contributed by atoms with Crippen LogP contribution in [0.4, 0.5) is 5.69 Å². The molecule has 8 heteroatoms. The van der Waals surface area contributed by atoms with E-state index in [1.807, 2.05) is 12.1 Å². The summed E-state index contributed by atoms with van der Waals surface area (Å²) in [7, 11) is -3.29. The number of carbonyl (C=O) groups is 1. The number of H-pyrrole nitrogens is 1. The zero-order valence-corrected chi connectivity index (χ0v) is 28.9. The molecule has 2 fully saturated rings. The molecule has 0 saturated carbocycles. The van der Waals surface area contributed by atoms with Crippen LogP contribution in [0.25, 0.3) is 22.2 Å². The van der Waals surface area contributed by atoms with Gasteiger partial charge >= 0.3 is 0 Å². The van der Waals surface area contributed by atoms with Gasteiger partial charge in [0.25, 0.3) is 0 Å². The van der Waals surface area contributed by atoms with E-state index in [9.17, 15) is 13.2 Å². The van der Waals surface area contributed by atoms with Crippen molar-refractivity contribution >= 4 is 32.5 Å². The predicted molar refractivity (Wildman–Crippen MR) is 189 cm³/mol. The fourth-order valence-electron chi connectivity index (χ4n) is 7.76. The summed E-state index contributed by atoms with van der Waals surface area (Å²) in [6.07, 6.45) is 6.56. The molecule has 2 aliphatic heterocycles. The molecule has 0 unspecified atom stereocenters. The summed E-state index contributed by atoms with van der Waals surface area (Å²) in [5, 5.41) is 4.85. The zero-order chi connectivity index (χ0) is 32.8. The Labute approximate surface area is 274 Å². The van der Waals surface area contributed by atoms with Crippen LogP contribution in [-0.4, -0.2) is 55.6 Å². The molecule has 4 aromatic rings. The first-order chi connectivity index (χ1) is 21.8. The van der Waals surface area contributed by atoms with E-state index in [0.29, 0.717) is 17.8 Å². The van der Waals surface area contributed by atoms with Gasteiger partial charge in [-0.25, -0.2) is 8.42 Å². The highest BCUT2D eigenvalue weighted by Gasteiger charge is 2.47. The van der Waals surface area contributed by atoms with Crippen LogP contribution >= 0.6 is 0 Å². The minimum atomic E-state index is -3.29. The predicted octanol–water partition coefficient (Wildman–Crippen LogP) is 7.19. The molecule has 2 bridgehead atoms. The molecule has 0 radical (unpaired) electrons. The van der Waals surface area contributed by atoms with Crippen LogP contribution in [0.2, 0.25) is 0 Å². The molecular weight excluding hydrogens is 593 g/mol. The second-order valence-electron chi connectivity index (χ2n) is 14.3. The lowest BCUT2D eigenvalue weighted by Gasteiger charge is -2.33. The van der Waals surface area contributed by atoms with E-state index in [-0.39, 0.29) is 11.8 Å². The average molecular weight is 641 g/mol. The van der Waals surface area contributed by atoms with E-state index in [2.05, 4.69) is 90.9 Å². The quantitative estimate of drug-likeness (QED) is 0.151. The van der Waals surface area contributed by atoms with Crippen molar-refractivity contribution < 1.29 is 13.2 Å². The number of nitrogens with zero attached hydrogens (tertiary/aromatic N) is 1. The largest absolute Gasteiger partial charge is 0.354 e. The Bertz CT molecular complexity index is 1820. The number of fused-ring (bicyclic) bond motifs is 3. The van der Waals surface area contributed by atoms with Gasteiger partial charge < -0.3 is 15.2 Å². The van der Waals surface area contributed by atoms with Gasteiger partial charge in [-0.2, -0.15) is 0 Å². The number of aryl methyl sites for hydroxylation is 2. The van der Waals surface area contributed by atoms with Crippen molar-refractivity contribution in [2.45, 2.75) is 90.1 Å². The Kier molecular flexibility index (Phi) is 8.81. The Balaban J connectivity index is 1.26. The van der Waals surface area contributed by atoms with Gasteiger partial charge in [-0.15, -0.1) is 0 Å². The first-order valence-corrected chi connectivity index (χ1v) is 18.5. The number of anilines is 1. The molecule has 2 aliphatic rings. The number of hydrogen-bond donors (Lipinski definition) is 3. The van der Waals surface area contributed by atoms with E-state index in [4.69, 9.17) is 0 Å². The average Bonchev–Trinajstić information content (AvgIpc) is 3.70. The summed E-state index contributed by atoms with van der Waals surface area (Å²) in [6, 6.07) is 21.6. The first-order valence-electron chi connectivity index (χ1n) is 16.6. The van der Waals surface area contributed by atoms with E-state index in [1.165, 1.54) is 27.6 Å². The highest BCUT2D eigenvalue weighted by atomic mass is 32.2. The van der Waals surface area contributed by atoms with Crippen LogP contribution in [0.5, 0.6) is 0 Å². The zero-order valence-electron chi connectivity index (χ0n) is 28.0. The van der Waals surface area contributed by atoms with Crippen LogP contribution in [0, 0.1) is 13.8 Å². The van der Waals surface area contributed by atoms with Crippen LogP contribution in [0.3, 0.4) is 0 Å². The SMILES string of the molecule is Cc1cc(C)cc(-c2[nH]c3ccc(C(C)(C)C(=O)N4C5CCC4CC5)cc3c2[C@@H](C)CNCCc2ccc(NS(C)(=O)=O)cc2)c1. The van der Waals surface area contributed by atoms with Gasteiger partial charge in [0.2, 0.25) is 15.9 Å². The lowest BCUT2D eigenvalue weighted by molar-refractivity contribution is -0.137. The third-order valence-corrected chi connectivity index (χ3v) is 10.7. The number of aromatic nitrogens is 1. The molecular formula is C38H48N4O3S. The highest BCUT2D eigenvalue weighted by molar-refractivity contribution is 7.92. The topological polar surface area (TPSA) is 94.3 Å². The van der Waals surface area contributed by atoms with Crippen molar-refractivity contribution in [1.29, 1.82) is 0 Å². The van der Waals surface area contributed by atoms with Gasteiger partial charge in [0.15, 0.2) is 0 Å². The number of rotatable bonds is 11. The summed E-state index contributed by atoms with van der Waals surface area (Å²) in [6.45, 7) is 12.4. The van der Waals surface area contributed by atoms with Crippen molar-refractivity contribution in [2.24, 2.45) is 0 Å². The van der Waals surface area contributed by atoms with E-state index >= 15 is 0 Å². The summed E-state index contributed by atoms with van der Waals surface area (Å²) in [5.41, 5.74) is 9.33. The van der Waals surface area contributed by atoms with Crippen molar-refractivity contribution in [3.63, 3.8) is 0 Å². The molecule has 1 atom stereocenters. The number of nitrogens with one attached hydrogen (secondary N) is 3. The molecule has 7 nitrogen and oxygen atoms in total. The number of carbonyl (C=O) groups excluding carboxylic acids is 1. The summed E-state index contributed by atoms with van der Waals surface area (Å²) in [4.78, 5) is 20.0. The fraction of sp³-hybridized carbons (Fsp3) is 0.447. The van der Waals surface area contributed by atoms with Gasteiger partial charge in [-0.05, 0) is 131 Å². The molecule has 46 heavy (non-hydrogen) atoms. The minimum Gasteiger partial charge on any atom is -0.354 e. The standard InChI is InChI=1S/C38H48N4O3S/c1-24-19-25(2)21-28(20-24)36-35(26(3)23-39-18-17-27-7-10-30(11-8-27)41-46(6,44)45)33-22-29(9-16-34(33)40-36)38(4,5)37(43)42-31-12-13-32(42)15-14-31/h7-11,16,19-22,26,31-32,39-41H,12-15,17-18,23H2,1-6H3/t26-,31?,32?/m0/s1. The van der Waals surface area contributed by atoms with Crippen molar-refractivity contribution in [3.05, 3.63) is 88.5 Å². The maximum atomic E-state index is 14.0. The van der Waals surface area contributed by atoms with Gasteiger partial charge in [0.05, 0.1) is 17.4 Å². The number of benzene rings is 3. The second-order valence-corrected chi connectivity index (χ2v) is 16.0. The van der Waals surface area contributed by atoms with Gasteiger partial charge in [0, 0.05) is 35.2 Å². The maximum absolute atomic E-state index is 14.0. The van der Waals surface area contributed by atoms with Crippen molar-refractivity contribution in [1.82, 2.24) is 15.2 Å². The molecule has 3 heterocycles. The monoisotopic (exact) mass is 640 g/mol. The van der Waals surface area contributed by atoms with Crippen LogP contribution in [-0.2, 0) is 26.7 Å². The molecule has 3 aromatic carbocycles. The third-order valence-electron chi connectivity index (χ3n) is 10.1. The van der Waals surface area contributed by atoms with E-state index in [0.717, 1.165) is 73.8 Å². The fourth-order valence-corrected chi connectivity index (χ4v) is 8.32. The Morgan fingerprint density at radius 3 is 2.20 bits per heavy atom. The Morgan fingerprint density at radius 1 is 0.957 bits per heavy atom. The summed E-state index contributed by atoms with van der Waals surface area (Å²) in [5.74, 6) is 0.465. The number of hydrogen-bond acceptors (Lipinski definition) is 4. The number of sulfonamides is 1. The van der Waals surface area contributed by atoms with Crippen molar-refractivity contribution in [3.8, 4) is 11.3 Å². The normalized spacial score (nSPS) is 18.8. The molecule has 6 rings (SSSR count). The Hall–Kier alpha value is -3.62. The highest BCUT2D eigenvalue weighted by Crippen LogP contribution is 2.42. The lowest BCUT2D eigenvalue weighted by atomic mass is 9.81. The van der Waals surface area contributed by atoms with Gasteiger partial charge in [0.1, 0.15) is 0 Å². The second kappa shape index (κ2) is 12.5. The number of amides is 1. The summed E-state index contributed by atoms with van der Waals surface area (Å²) >= 11 is 0. The Morgan fingerprint density at radius 2 is 1.59 bits per heavy atom. The van der Waals surface area contributed by atoms with Crippen LogP contribution < -0.4 is 10.0 Å². The molecule has 0 aliphatic carbocycles. The first kappa shape index (κ1) is 32.3. The van der Waals surface area contributed by atoms with Gasteiger partial charge in [-0.1, -0.05) is 42.3 Å². The van der Waals surface area contributed by atoms with Gasteiger partial charge in [-0.3, -0.25) is 9.52 Å². The molecule has 3 N–H and O–H groups in total. The maximum Gasteiger partial charge on any atom is 0.233 e. The molecule has 0 spiro atoms. The van der Waals surface area contributed by atoms with Crippen molar-refractivity contribution in [2.75, 3.05) is 24.1 Å². The third kappa shape index (κ3) is 6.60. The minimum absolute atomic E-state index is 0.203. The van der Waals surface area contributed by atoms with E-state index < -0.39 is 15.4 Å². The van der Waals surface area contributed by atoms with Crippen LogP contribution in [0.1, 0.15) is 80.2 Å². The summed E-state index contributed by atoms with van der Waals surface area (Å²) < 4.78 is 25.6. The molecule has 244 valence electrons. The molecule has 2 saturated heterocycles. The lowest BCUT2D eigenvalue weighted by Crippen LogP contribution is -2.45. The number of aromatic amines is 1. The smallest absolute Gasteiger partial charge is 0.233 e.